The Labute approximate surface area is 162 Å². The third-order valence-electron chi connectivity index (χ3n) is 4.15. The van der Waals surface area contributed by atoms with Gasteiger partial charge in [-0.15, -0.1) is 11.3 Å². The lowest BCUT2D eigenvalue weighted by molar-refractivity contribution is 0.0740. The molecule has 2 heterocycles. The number of esters is 1. The molecule has 0 N–H and O–H groups in total. The van der Waals surface area contributed by atoms with Crippen molar-refractivity contribution in [2.75, 3.05) is 7.11 Å². The summed E-state index contributed by atoms with van der Waals surface area (Å²) in [7, 11) is 1.57. The molecule has 0 spiro atoms. The van der Waals surface area contributed by atoms with E-state index in [-0.39, 0.29) is 5.75 Å². The fourth-order valence-electron chi connectivity index (χ4n) is 2.83. The summed E-state index contributed by atoms with van der Waals surface area (Å²) in [5.41, 5.74) is 0.697. The lowest BCUT2D eigenvalue weighted by Gasteiger charge is -2.05. The zero-order valence-electron chi connectivity index (χ0n) is 14.4. The van der Waals surface area contributed by atoms with Crippen molar-refractivity contribution in [3.63, 3.8) is 0 Å². The Kier molecular flexibility index (Phi) is 4.37. The van der Waals surface area contributed by atoms with E-state index in [2.05, 4.69) is 0 Å². The first-order chi connectivity index (χ1) is 13.0. The van der Waals surface area contributed by atoms with Gasteiger partial charge >= 0.3 is 11.6 Å². The van der Waals surface area contributed by atoms with Crippen LogP contribution in [0.15, 0.2) is 51.7 Å². The second-order valence-corrected chi connectivity index (χ2v) is 7.33. The Bertz CT molecular complexity index is 1250. The number of ether oxygens (including phenoxy) is 2. The topological polar surface area (TPSA) is 65.7 Å². The Balaban J connectivity index is 1.70. The standard InChI is InChI=1S/C20H13ClO5S/c1-10-7-17(22)26-15-9-12(3-5-13(10)15)25-20(23)19-18(21)14-8-11(24-2)4-6-16(14)27-19/h3-9H,1-2H3. The summed E-state index contributed by atoms with van der Waals surface area (Å²) >= 11 is 7.62. The molecule has 0 aliphatic rings. The molecule has 2 aromatic carbocycles. The van der Waals surface area contributed by atoms with E-state index in [1.165, 1.54) is 23.5 Å². The van der Waals surface area contributed by atoms with Crippen LogP contribution in [0, 0.1) is 6.92 Å². The molecule has 0 saturated carbocycles. The molecular formula is C20H13ClO5S. The first kappa shape index (κ1) is 17.6. The number of carbonyl (C=O) groups excluding carboxylic acids is 1. The van der Waals surface area contributed by atoms with Gasteiger partial charge in [-0.3, -0.25) is 0 Å². The highest BCUT2D eigenvalue weighted by molar-refractivity contribution is 7.21. The molecule has 0 radical (unpaired) electrons. The highest BCUT2D eigenvalue weighted by Gasteiger charge is 2.20. The Hall–Kier alpha value is -2.83. The average molecular weight is 401 g/mol. The van der Waals surface area contributed by atoms with Gasteiger partial charge in [0.2, 0.25) is 0 Å². The largest absolute Gasteiger partial charge is 0.497 e. The molecule has 0 aliphatic heterocycles. The molecule has 4 aromatic rings. The zero-order valence-corrected chi connectivity index (χ0v) is 15.9. The Morgan fingerprint density at radius 3 is 2.63 bits per heavy atom. The molecule has 0 fully saturated rings. The summed E-state index contributed by atoms with van der Waals surface area (Å²) < 4.78 is 16.7. The van der Waals surface area contributed by atoms with E-state index in [0.717, 1.165) is 21.0 Å². The molecule has 0 atom stereocenters. The molecule has 27 heavy (non-hydrogen) atoms. The van der Waals surface area contributed by atoms with E-state index in [0.29, 0.717) is 21.2 Å². The predicted molar refractivity (Wildman–Crippen MR) is 106 cm³/mol. The SMILES string of the molecule is COc1ccc2sc(C(=O)Oc3ccc4c(C)cc(=O)oc4c3)c(Cl)c2c1. The minimum Gasteiger partial charge on any atom is -0.497 e. The maximum atomic E-state index is 12.6. The van der Waals surface area contributed by atoms with Crippen LogP contribution in [0.3, 0.4) is 0 Å². The number of aryl methyl sites for hydroxylation is 1. The molecule has 0 unspecified atom stereocenters. The van der Waals surface area contributed by atoms with Crippen molar-refractivity contribution in [1.82, 2.24) is 0 Å². The summed E-state index contributed by atoms with van der Waals surface area (Å²) in [6.45, 7) is 1.82. The zero-order chi connectivity index (χ0) is 19.1. The molecule has 2 aromatic heterocycles. The molecule has 0 aliphatic carbocycles. The quantitative estimate of drug-likeness (QED) is 0.269. The van der Waals surface area contributed by atoms with Gasteiger partial charge < -0.3 is 13.9 Å². The van der Waals surface area contributed by atoms with Crippen LogP contribution in [-0.2, 0) is 0 Å². The van der Waals surface area contributed by atoms with Crippen molar-refractivity contribution in [2.45, 2.75) is 6.92 Å². The highest BCUT2D eigenvalue weighted by atomic mass is 35.5. The van der Waals surface area contributed by atoms with Crippen molar-refractivity contribution in [2.24, 2.45) is 0 Å². The molecular weight excluding hydrogens is 388 g/mol. The smallest absolute Gasteiger partial charge is 0.355 e. The van der Waals surface area contributed by atoms with Crippen LogP contribution in [0.25, 0.3) is 21.1 Å². The molecule has 4 rings (SSSR count). The van der Waals surface area contributed by atoms with Crippen molar-refractivity contribution >= 4 is 50.0 Å². The van der Waals surface area contributed by atoms with E-state index >= 15 is 0 Å². The molecule has 0 amide bonds. The number of benzene rings is 2. The summed E-state index contributed by atoms with van der Waals surface area (Å²) in [5.74, 6) is 0.351. The number of thiophene rings is 1. The van der Waals surface area contributed by atoms with Crippen molar-refractivity contribution in [3.8, 4) is 11.5 Å². The molecule has 0 bridgehead atoms. The summed E-state index contributed by atoms with van der Waals surface area (Å²) in [6, 6.07) is 11.8. The summed E-state index contributed by atoms with van der Waals surface area (Å²) in [5, 5.41) is 1.83. The lowest BCUT2D eigenvalue weighted by Crippen LogP contribution is -2.07. The van der Waals surface area contributed by atoms with Gasteiger partial charge in [-0.25, -0.2) is 9.59 Å². The van der Waals surface area contributed by atoms with E-state index < -0.39 is 11.6 Å². The van der Waals surface area contributed by atoms with Crippen LogP contribution in [0.1, 0.15) is 15.2 Å². The number of hydrogen-bond donors (Lipinski definition) is 0. The molecule has 7 heteroatoms. The first-order valence-corrected chi connectivity index (χ1v) is 9.18. The van der Waals surface area contributed by atoms with Crippen LogP contribution in [0.2, 0.25) is 5.02 Å². The van der Waals surface area contributed by atoms with E-state index in [9.17, 15) is 9.59 Å². The van der Waals surface area contributed by atoms with Gasteiger partial charge in [0.15, 0.2) is 0 Å². The minimum absolute atomic E-state index is 0.271. The normalized spacial score (nSPS) is 11.1. The molecule has 5 nitrogen and oxygen atoms in total. The molecule has 136 valence electrons. The second kappa shape index (κ2) is 6.72. The molecule has 0 saturated heterocycles. The summed E-state index contributed by atoms with van der Waals surface area (Å²) in [6.07, 6.45) is 0. The van der Waals surface area contributed by atoms with Gasteiger partial charge in [0, 0.05) is 27.6 Å². The summed E-state index contributed by atoms with van der Waals surface area (Å²) in [4.78, 5) is 24.5. The van der Waals surface area contributed by atoms with E-state index in [1.54, 1.807) is 31.4 Å². The van der Waals surface area contributed by atoms with Crippen LogP contribution < -0.4 is 15.1 Å². The Morgan fingerprint density at radius 1 is 1.07 bits per heavy atom. The van der Waals surface area contributed by atoms with Gasteiger partial charge in [-0.05, 0) is 42.8 Å². The monoisotopic (exact) mass is 400 g/mol. The van der Waals surface area contributed by atoms with Gasteiger partial charge in [0.1, 0.15) is 22.0 Å². The number of methoxy groups -OCH3 is 1. The van der Waals surface area contributed by atoms with Crippen LogP contribution >= 0.6 is 22.9 Å². The van der Waals surface area contributed by atoms with Crippen LogP contribution in [0.4, 0.5) is 0 Å². The van der Waals surface area contributed by atoms with Crippen molar-refractivity contribution < 1.29 is 18.7 Å². The first-order valence-electron chi connectivity index (χ1n) is 7.99. The van der Waals surface area contributed by atoms with Gasteiger partial charge in [0.25, 0.3) is 0 Å². The highest BCUT2D eigenvalue weighted by Crippen LogP contribution is 2.38. The fraction of sp³-hybridized carbons (Fsp3) is 0.100. The third-order valence-corrected chi connectivity index (χ3v) is 5.81. The van der Waals surface area contributed by atoms with Gasteiger partial charge in [0.05, 0.1) is 12.1 Å². The van der Waals surface area contributed by atoms with Gasteiger partial charge in [-0.2, -0.15) is 0 Å². The second-order valence-electron chi connectivity index (χ2n) is 5.90. The third kappa shape index (κ3) is 3.18. The van der Waals surface area contributed by atoms with Crippen molar-refractivity contribution in [3.05, 3.63) is 68.3 Å². The van der Waals surface area contributed by atoms with E-state index in [4.69, 9.17) is 25.5 Å². The van der Waals surface area contributed by atoms with Crippen LogP contribution in [-0.4, -0.2) is 13.1 Å². The maximum absolute atomic E-state index is 12.6. The fourth-order valence-corrected chi connectivity index (χ4v) is 4.18. The number of halogens is 1. The number of rotatable bonds is 3. The minimum atomic E-state index is -0.575. The van der Waals surface area contributed by atoms with E-state index in [1.807, 2.05) is 13.0 Å². The lowest BCUT2D eigenvalue weighted by atomic mass is 10.1. The number of carbonyl (C=O) groups is 1. The van der Waals surface area contributed by atoms with Gasteiger partial charge in [-0.1, -0.05) is 11.6 Å². The number of fused-ring (bicyclic) bond motifs is 2. The van der Waals surface area contributed by atoms with Crippen LogP contribution in [0.5, 0.6) is 11.5 Å². The Morgan fingerprint density at radius 2 is 1.85 bits per heavy atom. The average Bonchev–Trinajstić information content (AvgIpc) is 2.97. The van der Waals surface area contributed by atoms with Crippen molar-refractivity contribution in [1.29, 1.82) is 0 Å². The number of hydrogen-bond acceptors (Lipinski definition) is 6. The predicted octanol–water partition coefficient (Wildman–Crippen LogP) is 5.20. The maximum Gasteiger partial charge on any atom is 0.355 e.